The lowest BCUT2D eigenvalue weighted by Crippen LogP contribution is -2.14. The molecular formula is C25H27N5OS3. The first kappa shape index (κ1) is 24.4. The molecule has 0 atom stereocenters. The van der Waals surface area contributed by atoms with Crippen molar-refractivity contribution in [3.8, 4) is 22.6 Å². The van der Waals surface area contributed by atoms with Crippen molar-refractivity contribution < 1.29 is 4.79 Å². The third-order valence-electron chi connectivity index (χ3n) is 5.32. The average molecular weight is 510 g/mol. The van der Waals surface area contributed by atoms with Crippen molar-refractivity contribution in [2.45, 2.75) is 45.3 Å². The molecule has 0 spiro atoms. The molecule has 0 saturated carbocycles. The van der Waals surface area contributed by atoms with Gasteiger partial charge in [-0.3, -0.25) is 9.36 Å². The van der Waals surface area contributed by atoms with Crippen LogP contribution in [0.15, 0.2) is 52.8 Å². The number of benzene rings is 1. The summed E-state index contributed by atoms with van der Waals surface area (Å²) in [7, 11) is 0. The topological polar surface area (TPSA) is 72.7 Å². The molecule has 0 saturated heterocycles. The summed E-state index contributed by atoms with van der Waals surface area (Å²) in [6.45, 7) is 10.8. The second kappa shape index (κ2) is 11.1. The lowest BCUT2D eigenvalue weighted by atomic mass is 10.1. The number of thiazole rings is 1. The van der Waals surface area contributed by atoms with Gasteiger partial charge in [-0.15, -0.1) is 39.4 Å². The number of hydrogen-bond acceptors (Lipinski definition) is 7. The van der Waals surface area contributed by atoms with Crippen molar-refractivity contribution in [1.82, 2.24) is 19.7 Å². The third kappa shape index (κ3) is 5.65. The Morgan fingerprint density at radius 3 is 2.76 bits per heavy atom. The van der Waals surface area contributed by atoms with E-state index in [0.29, 0.717) is 16.8 Å². The molecule has 3 heterocycles. The predicted octanol–water partition coefficient (Wildman–Crippen LogP) is 6.62. The number of rotatable bonds is 10. The lowest BCUT2D eigenvalue weighted by Gasteiger charge is -2.06. The number of hydrogen-bond donors (Lipinski definition) is 1. The predicted molar refractivity (Wildman–Crippen MR) is 144 cm³/mol. The minimum Gasteiger partial charge on any atom is -0.301 e. The van der Waals surface area contributed by atoms with Gasteiger partial charge in [0.15, 0.2) is 16.1 Å². The number of thiophene rings is 1. The number of amides is 1. The Morgan fingerprint density at radius 1 is 1.15 bits per heavy atom. The van der Waals surface area contributed by atoms with Crippen molar-refractivity contribution in [2.24, 2.45) is 0 Å². The monoisotopic (exact) mass is 509 g/mol. The van der Waals surface area contributed by atoms with Crippen LogP contribution in [-0.2, 0) is 17.8 Å². The van der Waals surface area contributed by atoms with Gasteiger partial charge in [-0.05, 0) is 43.5 Å². The zero-order chi connectivity index (χ0) is 24.1. The molecular weight excluding hydrogens is 483 g/mol. The molecule has 6 nitrogen and oxygen atoms in total. The molecule has 0 radical (unpaired) electrons. The summed E-state index contributed by atoms with van der Waals surface area (Å²) in [4.78, 5) is 18.5. The van der Waals surface area contributed by atoms with Gasteiger partial charge < -0.3 is 5.32 Å². The van der Waals surface area contributed by atoms with Gasteiger partial charge in [0.1, 0.15) is 0 Å². The molecule has 1 amide bonds. The fourth-order valence-electron chi connectivity index (χ4n) is 3.43. The van der Waals surface area contributed by atoms with Crippen LogP contribution in [0.1, 0.15) is 29.3 Å². The van der Waals surface area contributed by atoms with Crippen LogP contribution in [0, 0.1) is 13.8 Å². The maximum atomic E-state index is 12.6. The molecule has 176 valence electrons. The van der Waals surface area contributed by atoms with Gasteiger partial charge in [-0.2, -0.15) is 0 Å². The zero-order valence-electron chi connectivity index (χ0n) is 19.5. The summed E-state index contributed by atoms with van der Waals surface area (Å²) in [6, 6.07) is 8.44. The second-order valence-electron chi connectivity index (χ2n) is 7.93. The Hall–Kier alpha value is -2.75. The maximum absolute atomic E-state index is 12.6. The van der Waals surface area contributed by atoms with Crippen molar-refractivity contribution >= 4 is 45.5 Å². The largest absolute Gasteiger partial charge is 0.301 e. The van der Waals surface area contributed by atoms with E-state index in [-0.39, 0.29) is 11.7 Å². The molecule has 4 aromatic rings. The SMILES string of the molecule is C=CCn1c(SCC(=O)Nc2nc(-c3ccc(C)c(C)c3)cs2)nnc1-c1csc(CCC)c1. The lowest BCUT2D eigenvalue weighted by molar-refractivity contribution is -0.113. The summed E-state index contributed by atoms with van der Waals surface area (Å²) in [5.41, 5.74) is 5.44. The van der Waals surface area contributed by atoms with Crippen molar-refractivity contribution in [1.29, 1.82) is 0 Å². The molecule has 1 aromatic carbocycles. The van der Waals surface area contributed by atoms with E-state index in [0.717, 1.165) is 35.5 Å². The fourth-order valence-corrected chi connectivity index (χ4v) is 5.88. The Morgan fingerprint density at radius 2 is 2.00 bits per heavy atom. The molecule has 0 unspecified atom stereocenters. The van der Waals surface area contributed by atoms with Crippen molar-refractivity contribution in [2.75, 3.05) is 11.1 Å². The quantitative estimate of drug-likeness (QED) is 0.192. The first-order chi connectivity index (χ1) is 16.5. The van der Waals surface area contributed by atoms with Gasteiger partial charge >= 0.3 is 0 Å². The van der Waals surface area contributed by atoms with Crippen molar-refractivity contribution in [3.63, 3.8) is 0 Å². The van der Waals surface area contributed by atoms with Crippen LogP contribution in [0.2, 0.25) is 0 Å². The number of anilines is 1. The molecule has 0 bridgehead atoms. The molecule has 4 rings (SSSR count). The van der Waals surface area contributed by atoms with E-state index in [1.165, 1.54) is 39.1 Å². The normalized spacial score (nSPS) is 11.0. The Bertz CT molecular complexity index is 1300. The molecule has 1 N–H and O–H groups in total. The number of thioether (sulfide) groups is 1. The zero-order valence-corrected chi connectivity index (χ0v) is 21.9. The van der Waals surface area contributed by atoms with Gasteiger partial charge in [-0.1, -0.05) is 43.3 Å². The highest BCUT2D eigenvalue weighted by Crippen LogP contribution is 2.29. The van der Waals surface area contributed by atoms with Crippen LogP contribution in [0.3, 0.4) is 0 Å². The molecule has 0 aliphatic rings. The van der Waals surface area contributed by atoms with Crippen LogP contribution >= 0.6 is 34.4 Å². The summed E-state index contributed by atoms with van der Waals surface area (Å²) >= 11 is 4.53. The minimum atomic E-state index is -0.124. The van der Waals surface area contributed by atoms with Crippen LogP contribution in [0.4, 0.5) is 5.13 Å². The highest BCUT2D eigenvalue weighted by atomic mass is 32.2. The number of nitrogens with one attached hydrogen (secondary N) is 1. The van der Waals surface area contributed by atoms with Crippen LogP contribution < -0.4 is 5.32 Å². The maximum Gasteiger partial charge on any atom is 0.236 e. The second-order valence-corrected chi connectivity index (χ2v) is 10.7. The van der Waals surface area contributed by atoms with Crippen LogP contribution in [0.25, 0.3) is 22.6 Å². The van der Waals surface area contributed by atoms with E-state index in [9.17, 15) is 4.79 Å². The third-order valence-corrected chi connectivity index (χ3v) is 8.04. The number of carbonyl (C=O) groups is 1. The van der Waals surface area contributed by atoms with E-state index in [1.54, 1.807) is 11.3 Å². The van der Waals surface area contributed by atoms with Crippen LogP contribution in [0.5, 0.6) is 0 Å². The smallest absolute Gasteiger partial charge is 0.236 e. The van der Waals surface area contributed by atoms with E-state index < -0.39 is 0 Å². The van der Waals surface area contributed by atoms with Gasteiger partial charge in [0.2, 0.25) is 5.91 Å². The Kier molecular flexibility index (Phi) is 7.97. The molecule has 9 heteroatoms. The molecule has 0 aliphatic carbocycles. The fraction of sp³-hybridized carbons (Fsp3) is 0.280. The van der Waals surface area contributed by atoms with Gasteiger partial charge in [0.05, 0.1) is 11.4 Å². The van der Waals surface area contributed by atoms with Gasteiger partial charge in [0, 0.05) is 33.3 Å². The molecule has 34 heavy (non-hydrogen) atoms. The first-order valence-electron chi connectivity index (χ1n) is 11.1. The van der Waals surface area contributed by atoms with E-state index in [1.807, 2.05) is 16.0 Å². The average Bonchev–Trinajstić information content (AvgIpc) is 3.55. The Balaban J connectivity index is 1.41. The molecule has 0 aliphatic heterocycles. The molecule has 3 aromatic heterocycles. The highest BCUT2D eigenvalue weighted by Gasteiger charge is 2.17. The van der Waals surface area contributed by atoms with Crippen molar-refractivity contribution in [3.05, 3.63) is 63.7 Å². The number of carbonyl (C=O) groups excluding carboxylic acids is 1. The van der Waals surface area contributed by atoms with E-state index in [4.69, 9.17) is 0 Å². The Labute approximate surface area is 212 Å². The number of nitrogens with zero attached hydrogens (tertiary/aromatic N) is 4. The minimum absolute atomic E-state index is 0.124. The molecule has 0 fully saturated rings. The highest BCUT2D eigenvalue weighted by molar-refractivity contribution is 7.99. The summed E-state index contributed by atoms with van der Waals surface area (Å²) in [6.07, 6.45) is 3.99. The number of aryl methyl sites for hydroxylation is 3. The number of allylic oxidation sites excluding steroid dienone is 1. The van der Waals surface area contributed by atoms with Gasteiger partial charge in [0.25, 0.3) is 0 Å². The number of aromatic nitrogens is 4. The standard InChI is InChI=1S/C25H27N5OS3/c1-5-7-20-12-19(13-32-20)23-28-29-25(30(23)10-6-2)34-15-22(31)27-24-26-21(14-33-24)18-9-8-16(3)17(4)11-18/h6,8-9,11-14H,2,5,7,10,15H2,1,3-4H3,(H,26,27,31). The summed E-state index contributed by atoms with van der Waals surface area (Å²) < 4.78 is 2.00. The summed E-state index contributed by atoms with van der Waals surface area (Å²) in [5, 5.41) is 17.0. The van der Waals surface area contributed by atoms with Gasteiger partial charge in [-0.25, -0.2) is 4.98 Å². The van der Waals surface area contributed by atoms with E-state index >= 15 is 0 Å². The summed E-state index contributed by atoms with van der Waals surface area (Å²) in [5.74, 6) is 0.902. The van der Waals surface area contributed by atoms with E-state index in [2.05, 4.69) is 77.5 Å². The van der Waals surface area contributed by atoms with Crippen LogP contribution in [-0.4, -0.2) is 31.4 Å². The first-order valence-corrected chi connectivity index (χ1v) is 13.8.